The van der Waals surface area contributed by atoms with Gasteiger partial charge in [-0.1, -0.05) is 29.8 Å². The highest BCUT2D eigenvalue weighted by atomic mass is 79.9. The van der Waals surface area contributed by atoms with Crippen LogP contribution in [-0.4, -0.2) is 23.6 Å². The minimum Gasteiger partial charge on any atom is -0.302 e. The second-order valence-corrected chi connectivity index (χ2v) is 5.80. The second kappa shape index (κ2) is 5.60. The summed E-state index contributed by atoms with van der Waals surface area (Å²) in [5, 5.41) is 0.606. The first-order valence-corrected chi connectivity index (χ1v) is 7.40. The molecule has 0 aliphatic carbocycles. The van der Waals surface area contributed by atoms with Gasteiger partial charge in [-0.3, -0.25) is 9.59 Å². The van der Waals surface area contributed by atoms with E-state index < -0.39 is 28.9 Å². The number of alkyl halides is 1. The number of rotatable bonds is 4. The van der Waals surface area contributed by atoms with Crippen molar-refractivity contribution in [2.75, 3.05) is 16.8 Å². The molecule has 0 saturated carbocycles. The molecule has 0 radical (unpaired) electrons. The lowest BCUT2D eigenvalue weighted by molar-refractivity contribution is -0.114. The van der Waals surface area contributed by atoms with E-state index in [1.807, 2.05) is 13.8 Å². The molecule has 0 aromatic heterocycles. The minimum absolute atomic E-state index is 0.0420. The highest BCUT2D eigenvalue weighted by Crippen LogP contribution is 2.35. The third-order valence-corrected chi connectivity index (χ3v) is 4.40. The molecule has 0 N–H and O–H groups in total. The zero-order valence-electron chi connectivity index (χ0n) is 11.1. The van der Waals surface area contributed by atoms with Gasteiger partial charge in [-0.05, 0) is 24.0 Å². The fraction of sp³-hybridized carbons (Fsp3) is 0.429. The van der Waals surface area contributed by atoms with E-state index in [9.17, 15) is 18.4 Å². The van der Waals surface area contributed by atoms with Gasteiger partial charge in [-0.25, -0.2) is 8.78 Å². The normalized spacial score (nSPS) is 16.0. The van der Waals surface area contributed by atoms with Crippen molar-refractivity contribution in [1.29, 1.82) is 0 Å². The molecular formula is C14H14BrF2NO2. The van der Waals surface area contributed by atoms with E-state index in [1.165, 1.54) is 0 Å². The molecule has 0 bridgehead atoms. The first-order valence-electron chi connectivity index (χ1n) is 6.28. The lowest BCUT2D eigenvalue weighted by Gasteiger charge is -2.25. The second-order valence-electron chi connectivity index (χ2n) is 5.16. The number of fused-ring (bicyclic) bond motifs is 1. The average molecular weight is 346 g/mol. The molecule has 20 heavy (non-hydrogen) atoms. The summed E-state index contributed by atoms with van der Waals surface area (Å²) in [5.74, 6) is -3.18. The summed E-state index contributed by atoms with van der Waals surface area (Å²) in [5.41, 5.74) is -0.682. The number of ketones is 1. The number of carbonyl (C=O) groups excluding carboxylic acids is 2. The molecule has 1 unspecified atom stereocenters. The van der Waals surface area contributed by atoms with Crippen LogP contribution < -0.4 is 4.90 Å². The minimum atomic E-state index is -0.978. The Morgan fingerprint density at radius 3 is 2.35 bits per heavy atom. The van der Waals surface area contributed by atoms with Crippen LogP contribution in [-0.2, 0) is 4.79 Å². The molecule has 1 aliphatic rings. The summed E-state index contributed by atoms with van der Waals surface area (Å²) in [7, 11) is 0. The molecular weight excluding hydrogens is 332 g/mol. The number of carbonyl (C=O) groups is 2. The van der Waals surface area contributed by atoms with Crippen molar-refractivity contribution in [3.8, 4) is 0 Å². The van der Waals surface area contributed by atoms with Crippen molar-refractivity contribution >= 4 is 33.3 Å². The van der Waals surface area contributed by atoms with Crippen molar-refractivity contribution in [3.63, 3.8) is 0 Å². The van der Waals surface area contributed by atoms with E-state index >= 15 is 0 Å². The van der Waals surface area contributed by atoms with Crippen LogP contribution in [0, 0.1) is 23.5 Å². The number of amides is 1. The number of nitrogens with zero attached hydrogens (tertiary/aromatic N) is 1. The Hall–Kier alpha value is -1.30. The maximum absolute atomic E-state index is 13.9. The molecule has 1 aromatic carbocycles. The van der Waals surface area contributed by atoms with Gasteiger partial charge in [0.2, 0.25) is 0 Å². The predicted octanol–water partition coefficient (Wildman–Crippen LogP) is 3.16. The van der Waals surface area contributed by atoms with Gasteiger partial charge in [0.15, 0.2) is 0 Å². The van der Waals surface area contributed by atoms with Gasteiger partial charge in [0.05, 0.1) is 11.3 Å². The van der Waals surface area contributed by atoms with Crippen molar-refractivity contribution in [2.45, 2.75) is 13.8 Å². The van der Waals surface area contributed by atoms with Crippen LogP contribution in [0.15, 0.2) is 12.1 Å². The number of hydrogen-bond donors (Lipinski definition) is 0. The van der Waals surface area contributed by atoms with Crippen LogP contribution in [0.25, 0.3) is 0 Å². The zero-order chi connectivity index (χ0) is 15.0. The van der Waals surface area contributed by atoms with Gasteiger partial charge in [-0.2, -0.15) is 0 Å². The standard InChI is InChI=1S/C14H14BrF2NO2/c1-7(2)8(5-15)6-18-12-10(17)4-3-9(16)11(12)13(19)14(18)20/h3-4,7-8H,5-6H2,1-2H3. The maximum atomic E-state index is 13.9. The highest BCUT2D eigenvalue weighted by molar-refractivity contribution is 9.09. The van der Waals surface area contributed by atoms with Crippen molar-refractivity contribution in [1.82, 2.24) is 0 Å². The van der Waals surface area contributed by atoms with Crippen LogP contribution in [0.4, 0.5) is 14.5 Å². The first kappa shape index (κ1) is 15.1. The summed E-state index contributed by atoms with van der Waals surface area (Å²) in [6, 6.07) is 1.80. The summed E-state index contributed by atoms with van der Waals surface area (Å²) < 4.78 is 27.6. The van der Waals surface area contributed by atoms with E-state index in [-0.39, 0.29) is 24.1 Å². The monoisotopic (exact) mass is 345 g/mol. The lowest BCUT2D eigenvalue weighted by atomic mass is 9.97. The molecule has 1 heterocycles. The van der Waals surface area contributed by atoms with Crippen molar-refractivity contribution in [3.05, 3.63) is 29.3 Å². The SMILES string of the molecule is CC(C)C(CBr)CN1C(=O)C(=O)c2c(F)ccc(F)c21. The Kier molecular flexibility index (Phi) is 4.22. The van der Waals surface area contributed by atoms with E-state index in [4.69, 9.17) is 0 Å². The quantitative estimate of drug-likeness (QED) is 0.620. The summed E-state index contributed by atoms with van der Waals surface area (Å²) >= 11 is 3.34. The van der Waals surface area contributed by atoms with Crippen LogP contribution in [0.1, 0.15) is 24.2 Å². The molecule has 0 fully saturated rings. The number of benzene rings is 1. The first-order chi connectivity index (χ1) is 9.38. The van der Waals surface area contributed by atoms with Gasteiger partial charge in [0, 0.05) is 11.9 Å². The van der Waals surface area contributed by atoms with Crippen LogP contribution >= 0.6 is 15.9 Å². The average Bonchev–Trinajstić information content (AvgIpc) is 2.65. The van der Waals surface area contributed by atoms with Gasteiger partial charge < -0.3 is 4.90 Å². The zero-order valence-corrected chi connectivity index (χ0v) is 12.7. The predicted molar refractivity (Wildman–Crippen MR) is 75.2 cm³/mol. The molecule has 0 spiro atoms. The van der Waals surface area contributed by atoms with E-state index in [0.717, 1.165) is 17.0 Å². The molecule has 6 heteroatoms. The largest absolute Gasteiger partial charge is 0.302 e. The fourth-order valence-electron chi connectivity index (χ4n) is 2.20. The van der Waals surface area contributed by atoms with E-state index in [2.05, 4.69) is 15.9 Å². The van der Waals surface area contributed by atoms with Gasteiger partial charge in [0.1, 0.15) is 11.6 Å². The number of hydrogen-bond acceptors (Lipinski definition) is 2. The number of halogens is 3. The molecule has 2 rings (SSSR count). The molecule has 1 aromatic rings. The van der Waals surface area contributed by atoms with Crippen LogP contribution in [0.2, 0.25) is 0 Å². The molecule has 3 nitrogen and oxygen atoms in total. The lowest BCUT2D eigenvalue weighted by Crippen LogP contribution is -2.37. The molecule has 1 aliphatic heterocycles. The Bertz CT molecular complexity index is 575. The van der Waals surface area contributed by atoms with Crippen LogP contribution in [0.5, 0.6) is 0 Å². The number of Topliss-reactive ketones (excluding diaryl/α,β-unsaturated/α-hetero) is 1. The van der Waals surface area contributed by atoms with Crippen molar-refractivity contribution < 1.29 is 18.4 Å². The third kappa shape index (κ3) is 2.37. The molecule has 1 amide bonds. The Balaban J connectivity index is 2.45. The highest BCUT2D eigenvalue weighted by Gasteiger charge is 2.41. The third-order valence-electron chi connectivity index (χ3n) is 3.57. The Morgan fingerprint density at radius 1 is 1.20 bits per heavy atom. The summed E-state index contributed by atoms with van der Waals surface area (Å²) in [4.78, 5) is 24.8. The van der Waals surface area contributed by atoms with Gasteiger partial charge >= 0.3 is 0 Å². The fourth-order valence-corrected chi connectivity index (χ4v) is 3.15. The van der Waals surface area contributed by atoms with E-state index in [1.54, 1.807) is 0 Å². The topological polar surface area (TPSA) is 37.4 Å². The van der Waals surface area contributed by atoms with Gasteiger partial charge in [0.25, 0.3) is 11.7 Å². The van der Waals surface area contributed by atoms with Crippen LogP contribution in [0.3, 0.4) is 0 Å². The van der Waals surface area contributed by atoms with Gasteiger partial charge in [-0.15, -0.1) is 0 Å². The van der Waals surface area contributed by atoms with E-state index in [0.29, 0.717) is 5.33 Å². The van der Waals surface area contributed by atoms with Crippen molar-refractivity contribution in [2.24, 2.45) is 11.8 Å². The Labute approximate surface area is 124 Å². The Morgan fingerprint density at radius 2 is 1.80 bits per heavy atom. The summed E-state index contributed by atoms with van der Waals surface area (Å²) in [6.07, 6.45) is 0. The molecule has 1 atom stereocenters. The molecule has 108 valence electrons. The smallest absolute Gasteiger partial charge is 0.299 e. The maximum Gasteiger partial charge on any atom is 0.299 e. The molecule has 0 saturated heterocycles. The number of anilines is 1. The summed E-state index contributed by atoms with van der Waals surface area (Å²) in [6.45, 7) is 4.12.